The van der Waals surface area contributed by atoms with Crippen LogP contribution in [-0.4, -0.2) is 11.4 Å². The molecule has 0 heterocycles. The number of benzene rings is 1. The van der Waals surface area contributed by atoms with E-state index < -0.39 is 11.7 Å². The molecule has 0 fully saturated rings. The van der Waals surface area contributed by atoms with E-state index in [1.807, 2.05) is 0 Å². The van der Waals surface area contributed by atoms with Gasteiger partial charge in [-0.05, 0) is 30.9 Å². The Morgan fingerprint density at radius 1 is 1.44 bits per heavy atom. The van der Waals surface area contributed by atoms with Crippen LogP contribution in [0.2, 0.25) is 0 Å². The summed E-state index contributed by atoms with van der Waals surface area (Å²) in [5, 5.41) is 11.0. The second kappa shape index (κ2) is 5.78. The molecule has 96 valence electrons. The zero-order valence-corrected chi connectivity index (χ0v) is 10.5. The lowest BCUT2D eigenvalue weighted by Crippen LogP contribution is -2.13. The van der Waals surface area contributed by atoms with Gasteiger partial charge in [0, 0.05) is 0 Å². The quantitative estimate of drug-likeness (QED) is 0.369. The maximum Gasteiger partial charge on any atom is 0.416 e. The molecule has 7 heteroatoms. The molecule has 0 atom stereocenters. The first-order chi connectivity index (χ1) is 8.40. The van der Waals surface area contributed by atoms with E-state index in [0.29, 0.717) is 0 Å². The molecule has 0 unspecified atom stereocenters. The lowest BCUT2D eigenvalue weighted by molar-refractivity contribution is -0.138. The molecule has 0 aromatic heterocycles. The van der Waals surface area contributed by atoms with Gasteiger partial charge < -0.3 is 0 Å². The number of rotatable bonds is 1. The van der Waals surface area contributed by atoms with Crippen molar-refractivity contribution in [1.82, 2.24) is 5.32 Å². The van der Waals surface area contributed by atoms with Crippen LogP contribution in [0.25, 0.3) is 0 Å². The van der Waals surface area contributed by atoms with Crippen molar-refractivity contribution in [2.75, 3.05) is 6.26 Å². The van der Waals surface area contributed by atoms with Gasteiger partial charge in [0.05, 0.1) is 11.3 Å². The summed E-state index contributed by atoms with van der Waals surface area (Å²) in [5.41, 5.74) is -0.491. The van der Waals surface area contributed by atoms with E-state index in [1.54, 1.807) is 12.4 Å². The summed E-state index contributed by atoms with van der Waals surface area (Å²) < 4.78 is 38.0. The third-order valence-electron chi connectivity index (χ3n) is 2.19. The number of thioether (sulfide) groups is 1. The lowest BCUT2D eigenvalue weighted by Gasteiger charge is -2.12. The highest BCUT2D eigenvalue weighted by molar-refractivity contribution is 8.13. The van der Waals surface area contributed by atoms with Crippen LogP contribution in [0, 0.1) is 18.4 Å². The number of halogens is 3. The van der Waals surface area contributed by atoms with Crippen molar-refractivity contribution in [3.63, 3.8) is 0 Å². The van der Waals surface area contributed by atoms with Crippen molar-refractivity contribution in [1.29, 1.82) is 5.26 Å². The van der Waals surface area contributed by atoms with Crippen molar-refractivity contribution >= 4 is 22.6 Å². The van der Waals surface area contributed by atoms with Gasteiger partial charge in [0.2, 0.25) is 0 Å². The predicted octanol–water partition coefficient (Wildman–Crippen LogP) is 3.44. The molecule has 18 heavy (non-hydrogen) atoms. The Kier molecular flexibility index (Phi) is 4.62. The molecule has 0 saturated heterocycles. The summed E-state index contributed by atoms with van der Waals surface area (Å²) in [6.45, 7) is 1.35. The summed E-state index contributed by atoms with van der Waals surface area (Å²) >= 11 is 1.15. The average molecular weight is 273 g/mol. The number of amidine groups is 1. The molecule has 3 nitrogen and oxygen atoms in total. The summed E-state index contributed by atoms with van der Waals surface area (Å²) in [6, 6.07) is 3.77. The van der Waals surface area contributed by atoms with E-state index in [-0.39, 0.29) is 16.4 Å². The van der Waals surface area contributed by atoms with Crippen LogP contribution in [-0.2, 0) is 6.18 Å². The normalized spacial score (nSPS) is 12.1. The van der Waals surface area contributed by atoms with E-state index in [1.165, 1.54) is 19.1 Å². The van der Waals surface area contributed by atoms with Gasteiger partial charge in [-0.3, -0.25) is 5.32 Å². The standard InChI is InChI=1S/C11H10F3N3S/c1-7-8(11(12,13)14)4-3-5-9(7)17-10(18-2)16-6-15/h3-5H,1-2H3,(H,16,17). The SMILES string of the molecule is CSC(=Nc1cccc(C(F)(F)F)c1C)NC#N. The second-order valence-electron chi connectivity index (χ2n) is 3.31. The fourth-order valence-electron chi connectivity index (χ4n) is 1.33. The zero-order chi connectivity index (χ0) is 13.8. The minimum atomic E-state index is -4.40. The number of nitriles is 1. The number of nitrogens with zero attached hydrogens (tertiary/aromatic N) is 2. The molecule has 0 bridgehead atoms. The first-order valence-corrected chi connectivity index (χ1v) is 6.07. The summed E-state index contributed by atoms with van der Waals surface area (Å²) in [4.78, 5) is 3.99. The highest BCUT2D eigenvalue weighted by Crippen LogP contribution is 2.35. The van der Waals surface area contributed by atoms with Crippen molar-refractivity contribution in [2.45, 2.75) is 13.1 Å². The molecule has 0 radical (unpaired) electrons. The minimum absolute atomic E-state index is 0.0382. The molecule has 1 aromatic carbocycles. The highest BCUT2D eigenvalue weighted by atomic mass is 32.2. The fraction of sp³-hybridized carbons (Fsp3) is 0.273. The van der Waals surface area contributed by atoms with Gasteiger partial charge in [-0.1, -0.05) is 17.8 Å². The molecule has 0 aliphatic heterocycles. The molecule has 0 spiro atoms. The fourth-order valence-corrected chi connectivity index (χ4v) is 1.67. The largest absolute Gasteiger partial charge is 0.416 e. The van der Waals surface area contributed by atoms with E-state index in [2.05, 4.69) is 10.3 Å². The molecule has 1 aromatic rings. The maximum atomic E-state index is 12.7. The van der Waals surface area contributed by atoms with Crippen molar-refractivity contribution in [3.8, 4) is 6.19 Å². The number of hydrogen-bond donors (Lipinski definition) is 1. The molecule has 0 aliphatic rings. The van der Waals surface area contributed by atoms with E-state index in [0.717, 1.165) is 17.8 Å². The van der Waals surface area contributed by atoms with Crippen molar-refractivity contribution in [2.24, 2.45) is 4.99 Å². The monoisotopic (exact) mass is 273 g/mol. The van der Waals surface area contributed by atoms with Gasteiger partial charge >= 0.3 is 6.18 Å². The van der Waals surface area contributed by atoms with Crippen LogP contribution >= 0.6 is 11.8 Å². The minimum Gasteiger partial charge on any atom is -0.271 e. The van der Waals surface area contributed by atoms with Gasteiger partial charge in [0.15, 0.2) is 11.4 Å². The van der Waals surface area contributed by atoms with Gasteiger partial charge in [0.25, 0.3) is 0 Å². The molecule has 1 N–H and O–H groups in total. The Bertz CT molecular complexity index is 503. The second-order valence-corrected chi connectivity index (χ2v) is 4.10. The Balaban J connectivity index is 3.24. The molecule has 0 saturated carbocycles. The Labute approximate surface area is 107 Å². The third-order valence-corrected chi connectivity index (χ3v) is 2.77. The molecular formula is C11H10F3N3S. The zero-order valence-electron chi connectivity index (χ0n) is 9.67. The van der Waals surface area contributed by atoms with Crippen LogP contribution in [0.5, 0.6) is 0 Å². The van der Waals surface area contributed by atoms with E-state index >= 15 is 0 Å². The first kappa shape index (κ1) is 14.4. The van der Waals surface area contributed by atoms with Crippen LogP contribution < -0.4 is 5.32 Å². The maximum absolute atomic E-state index is 12.7. The van der Waals surface area contributed by atoms with Gasteiger partial charge in [-0.25, -0.2) is 4.99 Å². The summed E-state index contributed by atoms with van der Waals surface area (Å²) in [7, 11) is 0. The predicted molar refractivity (Wildman–Crippen MR) is 65.5 cm³/mol. The van der Waals surface area contributed by atoms with Crippen LogP contribution in [0.1, 0.15) is 11.1 Å². The molecule has 0 aliphatic carbocycles. The third kappa shape index (κ3) is 3.40. The molecule has 0 amide bonds. The van der Waals surface area contributed by atoms with Crippen molar-refractivity contribution in [3.05, 3.63) is 29.3 Å². The van der Waals surface area contributed by atoms with Gasteiger partial charge in [-0.15, -0.1) is 0 Å². The summed E-state index contributed by atoms with van der Waals surface area (Å²) in [6.07, 6.45) is -1.05. The smallest absolute Gasteiger partial charge is 0.271 e. The number of aliphatic imine (C=N–C) groups is 1. The summed E-state index contributed by atoms with van der Waals surface area (Å²) in [5.74, 6) is 0. The van der Waals surface area contributed by atoms with Crippen molar-refractivity contribution < 1.29 is 13.2 Å². The number of nitrogens with one attached hydrogen (secondary N) is 1. The Morgan fingerprint density at radius 3 is 2.61 bits per heavy atom. The Hall–Kier alpha value is -1.68. The topological polar surface area (TPSA) is 48.2 Å². The highest BCUT2D eigenvalue weighted by Gasteiger charge is 2.32. The number of hydrogen-bond acceptors (Lipinski definition) is 3. The first-order valence-electron chi connectivity index (χ1n) is 4.84. The van der Waals surface area contributed by atoms with E-state index in [9.17, 15) is 13.2 Å². The van der Waals surface area contributed by atoms with Gasteiger partial charge in [0.1, 0.15) is 0 Å². The average Bonchev–Trinajstić information content (AvgIpc) is 2.29. The number of alkyl halides is 3. The van der Waals surface area contributed by atoms with E-state index in [4.69, 9.17) is 5.26 Å². The van der Waals surface area contributed by atoms with Crippen LogP contribution in [0.3, 0.4) is 0 Å². The molecular weight excluding hydrogens is 263 g/mol. The lowest BCUT2D eigenvalue weighted by atomic mass is 10.1. The Morgan fingerprint density at radius 2 is 2.11 bits per heavy atom. The molecule has 1 rings (SSSR count). The van der Waals surface area contributed by atoms with Crippen LogP contribution in [0.15, 0.2) is 23.2 Å². The van der Waals surface area contributed by atoms with Crippen LogP contribution in [0.4, 0.5) is 18.9 Å². The van der Waals surface area contributed by atoms with Gasteiger partial charge in [-0.2, -0.15) is 18.4 Å².